The summed E-state index contributed by atoms with van der Waals surface area (Å²) in [4.78, 5) is 0. The van der Waals surface area contributed by atoms with Crippen molar-refractivity contribution in [1.29, 1.82) is 0 Å². The second-order valence-corrected chi connectivity index (χ2v) is 4.76. The van der Waals surface area contributed by atoms with Crippen LogP contribution in [0, 0.1) is 0 Å². The van der Waals surface area contributed by atoms with Crippen LogP contribution in [0.25, 0.3) is 0 Å². The zero-order valence-corrected chi connectivity index (χ0v) is 11.0. The van der Waals surface area contributed by atoms with Crippen molar-refractivity contribution in [3.8, 4) is 5.75 Å². The highest BCUT2D eigenvalue weighted by atomic mass is 35.5. The first-order chi connectivity index (χ1) is 8.65. The monoisotopic (exact) mass is 261 g/mol. The maximum Gasteiger partial charge on any atom is 0.115 e. The molecular weight excluding hydrogens is 246 g/mol. The fourth-order valence-corrected chi connectivity index (χ4v) is 1.93. The van der Waals surface area contributed by atoms with Crippen LogP contribution in [0.5, 0.6) is 5.75 Å². The summed E-state index contributed by atoms with van der Waals surface area (Å²) >= 11 is 5.86. The van der Waals surface area contributed by atoms with Crippen LogP contribution in [0.2, 0.25) is 5.02 Å². The summed E-state index contributed by atoms with van der Waals surface area (Å²) in [7, 11) is 0. The maximum atomic E-state index is 9.38. The Morgan fingerprint density at radius 2 is 1.89 bits per heavy atom. The minimum absolute atomic E-state index is 0.240. The van der Waals surface area contributed by atoms with Gasteiger partial charge in [0.05, 0.1) is 0 Å². The molecule has 94 valence electrons. The molecule has 0 aliphatic heterocycles. The van der Waals surface area contributed by atoms with Crippen molar-refractivity contribution >= 4 is 11.6 Å². The van der Waals surface area contributed by atoms with Gasteiger partial charge in [0.15, 0.2) is 0 Å². The van der Waals surface area contributed by atoms with E-state index in [4.69, 9.17) is 11.6 Å². The van der Waals surface area contributed by atoms with Gasteiger partial charge in [-0.15, -0.1) is 0 Å². The first-order valence-corrected chi connectivity index (χ1v) is 6.30. The lowest BCUT2D eigenvalue weighted by Gasteiger charge is -2.14. The van der Waals surface area contributed by atoms with Crippen molar-refractivity contribution in [3.63, 3.8) is 0 Å². The zero-order chi connectivity index (χ0) is 13.0. The quantitative estimate of drug-likeness (QED) is 0.875. The predicted octanol–water partition coefficient (Wildman–Crippen LogP) is 3.90. The molecule has 0 radical (unpaired) electrons. The molecule has 0 aromatic heterocycles. The molecule has 2 rings (SSSR count). The molecule has 18 heavy (non-hydrogen) atoms. The Kier molecular flexibility index (Phi) is 4.24. The van der Waals surface area contributed by atoms with E-state index < -0.39 is 0 Å². The number of hydrogen-bond acceptors (Lipinski definition) is 2. The van der Waals surface area contributed by atoms with Crippen LogP contribution in [0.1, 0.15) is 24.1 Å². The largest absolute Gasteiger partial charge is 0.508 e. The van der Waals surface area contributed by atoms with E-state index >= 15 is 0 Å². The van der Waals surface area contributed by atoms with Crippen LogP contribution >= 0.6 is 11.6 Å². The Morgan fingerprint density at radius 1 is 1.17 bits per heavy atom. The molecule has 0 heterocycles. The summed E-state index contributed by atoms with van der Waals surface area (Å²) in [6.07, 6.45) is 0. The van der Waals surface area contributed by atoms with Crippen molar-refractivity contribution < 1.29 is 5.11 Å². The number of nitrogens with one attached hydrogen (secondary N) is 1. The molecule has 0 bridgehead atoms. The van der Waals surface area contributed by atoms with E-state index in [0.717, 1.165) is 17.1 Å². The second-order valence-electron chi connectivity index (χ2n) is 4.32. The second kappa shape index (κ2) is 5.89. The van der Waals surface area contributed by atoms with Crippen molar-refractivity contribution in [2.24, 2.45) is 0 Å². The molecule has 1 atom stereocenters. The molecule has 0 aliphatic carbocycles. The van der Waals surface area contributed by atoms with Gasteiger partial charge in [0, 0.05) is 17.6 Å². The van der Waals surface area contributed by atoms with Crippen molar-refractivity contribution in [1.82, 2.24) is 5.32 Å². The predicted molar refractivity (Wildman–Crippen MR) is 74.8 cm³/mol. The van der Waals surface area contributed by atoms with Crippen LogP contribution in [0.15, 0.2) is 48.5 Å². The zero-order valence-electron chi connectivity index (χ0n) is 10.2. The van der Waals surface area contributed by atoms with Gasteiger partial charge in [-0.25, -0.2) is 0 Å². The molecule has 2 N–H and O–H groups in total. The van der Waals surface area contributed by atoms with Gasteiger partial charge in [0.2, 0.25) is 0 Å². The van der Waals surface area contributed by atoms with E-state index in [9.17, 15) is 5.11 Å². The van der Waals surface area contributed by atoms with Crippen LogP contribution in [-0.2, 0) is 6.54 Å². The Labute approximate surface area is 112 Å². The Hall–Kier alpha value is -1.51. The van der Waals surface area contributed by atoms with E-state index in [1.54, 1.807) is 12.1 Å². The summed E-state index contributed by atoms with van der Waals surface area (Å²) in [6, 6.07) is 15.3. The number of rotatable bonds is 4. The number of benzene rings is 2. The van der Waals surface area contributed by atoms with Gasteiger partial charge in [0.1, 0.15) is 5.75 Å². The fourth-order valence-electron chi connectivity index (χ4n) is 1.81. The number of halogens is 1. The summed E-state index contributed by atoms with van der Waals surface area (Å²) in [5.41, 5.74) is 2.26. The molecular formula is C15H16ClNO. The first kappa shape index (κ1) is 12.9. The molecule has 3 heteroatoms. The average molecular weight is 262 g/mol. The third-order valence-corrected chi connectivity index (χ3v) is 3.14. The molecule has 0 aliphatic rings. The van der Waals surface area contributed by atoms with Gasteiger partial charge in [-0.3, -0.25) is 0 Å². The van der Waals surface area contributed by atoms with E-state index in [0.29, 0.717) is 5.75 Å². The van der Waals surface area contributed by atoms with Crippen LogP contribution in [0.4, 0.5) is 0 Å². The summed E-state index contributed by atoms with van der Waals surface area (Å²) in [5, 5.41) is 13.5. The third-order valence-electron chi connectivity index (χ3n) is 2.89. The first-order valence-electron chi connectivity index (χ1n) is 5.92. The summed E-state index contributed by atoms with van der Waals surface area (Å²) < 4.78 is 0. The smallest absolute Gasteiger partial charge is 0.115 e. The summed E-state index contributed by atoms with van der Waals surface area (Å²) in [5.74, 6) is 0.299. The van der Waals surface area contributed by atoms with Gasteiger partial charge in [0.25, 0.3) is 0 Å². The van der Waals surface area contributed by atoms with Gasteiger partial charge in [-0.2, -0.15) is 0 Å². The maximum absolute atomic E-state index is 9.38. The van der Waals surface area contributed by atoms with Gasteiger partial charge >= 0.3 is 0 Å². The highest BCUT2D eigenvalue weighted by Gasteiger charge is 2.04. The number of phenolic OH excluding ortho intramolecular Hbond substituents is 1. The number of phenols is 1. The topological polar surface area (TPSA) is 32.3 Å². The molecule has 2 aromatic rings. The minimum atomic E-state index is 0.240. The van der Waals surface area contributed by atoms with Gasteiger partial charge in [-0.1, -0.05) is 35.9 Å². The molecule has 0 fully saturated rings. The van der Waals surface area contributed by atoms with E-state index in [1.807, 2.05) is 36.4 Å². The molecule has 0 amide bonds. The van der Waals surface area contributed by atoms with E-state index in [2.05, 4.69) is 12.2 Å². The third kappa shape index (κ3) is 3.49. The SMILES string of the molecule is C[C@H](NCc1cccc(O)c1)c1ccc(Cl)cc1. The lowest BCUT2D eigenvalue weighted by molar-refractivity contribution is 0.473. The fraction of sp³-hybridized carbons (Fsp3) is 0.200. The molecule has 2 nitrogen and oxygen atoms in total. The Bertz CT molecular complexity index is 510. The lowest BCUT2D eigenvalue weighted by atomic mass is 10.1. The van der Waals surface area contributed by atoms with Crippen LogP contribution < -0.4 is 5.32 Å². The van der Waals surface area contributed by atoms with E-state index in [1.165, 1.54) is 5.56 Å². The number of aromatic hydroxyl groups is 1. The standard InChI is InChI=1S/C15H16ClNO/c1-11(13-5-7-14(16)8-6-13)17-10-12-3-2-4-15(18)9-12/h2-9,11,17-18H,10H2,1H3/t11-/m0/s1. The van der Waals surface area contributed by atoms with Crippen molar-refractivity contribution in [3.05, 3.63) is 64.7 Å². The van der Waals surface area contributed by atoms with Gasteiger partial charge < -0.3 is 10.4 Å². The van der Waals surface area contributed by atoms with Crippen LogP contribution in [0.3, 0.4) is 0 Å². The molecule has 0 spiro atoms. The molecule has 0 unspecified atom stereocenters. The van der Waals surface area contributed by atoms with Gasteiger partial charge in [-0.05, 0) is 42.3 Å². The minimum Gasteiger partial charge on any atom is -0.508 e. The average Bonchev–Trinajstić information content (AvgIpc) is 2.37. The van der Waals surface area contributed by atoms with E-state index in [-0.39, 0.29) is 6.04 Å². The molecule has 0 saturated heterocycles. The number of hydrogen-bond donors (Lipinski definition) is 2. The summed E-state index contributed by atoms with van der Waals surface area (Å²) in [6.45, 7) is 2.82. The van der Waals surface area contributed by atoms with Crippen molar-refractivity contribution in [2.45, 2.75) is 19.5 Å². The molecule has 2 aromatic carbocycles. The highest BCUT2D eigenvalue weighted by molar-refractivity contribution is 6.30. The normalized spacial score (nSPS) is 12.3. The van der Waals surface area contributed by atoms with Crippen LogP contribution in [-0.4, -0.2) is 5.11 Å². The lowest BCUT2D eigenvalue weighted by Crippen LogP contribution is -2.17. The Morgan fingerprint density at radius 3 is 2.56 bits per heavy atom. The Balaban J connectivity index is 1.96. The highest BCUT2D eigenvalue weighted by Crippen LogP contribution is 2.17. The molecule has 0 saturated carbocycles. The van der Waals surface area contributed by atoms with Crippen molar-refractivity contribution in [2.75, 3.05) is 0 Å².